The zero-order valence-electron chi connectivity index (χ0n) is 12.3. The summed E-state index contributed by atoms with van der Waals surface area (Å²) in [7, 11) is 0. The molecule has 0 fully saturated rings. The van der Waals surface area contributed by atoms with Crippen LogP contribution in [0.3, 0.4) is 0 Å². The smallest absolute Gasteiger partial charge is 0.243 e. The molecule has 2 rings (SSSR count). The molecule has 0 aromatic heterocycles. The van der Waals surface area contributed by atoms with Crippen LogP contribution in [0.4, 0.5) is 0 Å². The highest BCUT2D eigenvalue weighted by Gasteiger charge is 2.32. The summed E-state index contributed by atoms with van der Waals surface area (Å²) in [6, 6.07) is 7.56. The van der Waals surface area contributed by atoms with Crippen molar-refractivity contribution in [1.82, 2.24) is 10.2 Å². The van der Waals surface area contributed by atoms with Crippen LogP contribution in [0.2, 0.25) is 0 Å². The first kappa shape index (κ1) is 14.6. The minimum Gasteiger partial charge on any atom is -0.349 e. The molecule has 0 spiro atoms. The molecule has 0 aliphatic carbocycles. The van der Waals surface area contributed by atoms with Gasteiger partial charge in [0.2, 0.25) is 12.3 Å². The van der Waals surface area contributed by atoms with E-state index < -0.39 is 6.04 Å². The van der Waals surface area contributed by atoms with Crippen molar-refractivity contribution >= 4 is 12.3 Å². The molecule has 4 nitrogen and oxygen atoms in total. The molecule has 20 heavy (non-hydrogen) atoms. The summed E-state index contributed by atoms with van der Waals surface area (Å²) in [4.78, 5) is 25.3. The van der Waals surface area contributed by atoms with Crippen molar-refractivity contribution < 1.29 is 9.59 Å². The molecule has 0 saturated carbocycles. The quantitative estimate of drug-likeness (QED) is 0.852. The van der Waals surface area contributed by atoms with Gasteiger partial charge in [-0.15, -0.1) is 0 Å². The fourth-order valence-corrected chi connectivity index (χ4v) is 2.40. The molecule has 1 aromatic rings. The Morgan fingerprint density at radius 2 is 2.05 bits per heavy atom. The van der Waals surface area contributed by atoms with Gasteiger partial charge in [-0.05, 0) is 31.4 Å². The van der Waals surface area contributed by atoms with Crippen molar-refractivity contribution in [3.8, 4) is 0 Å². The van der Waals surface area contributed by atoms with Gasteiger partial charge in [-0.3, -0.25) is 9.59 Å². The molecule has 0 radical (unpaired) electrons. The van der Waals surface area contributed by atoms with E-state index in [-0.39, 0.29) is 11.4 Å². The van der Waals surface area contributed by atoms with Crippen LogP contribution in [0, 0.1) is 0 Å². The van der Waals surface area contributed by atoms with Gasteiger partial charge < -0.3 is 10.2 Å². The van der Waals surface area contributed by atoms with Crippen LogP contribution in [0.5, 0.6) is 0 Å². The van der Waals surface area contributed by atoms with Crippen molar-refractivity contribution in [3.63, 3.8) is 0 Å². The second-order valence-electron chi connectivity index (χ2n) is 5.99. The molecule has 0 saturated heterocycles. The summed E-state index contributed by atoms with van der Waals surface area (Å²) in [5, 5.41) is 3.03. The van der Waals surface area contributed by atoms with Gasteiger partial charge in [0.15, 0.2) is 0 Å². The normalized spacial score (nSPS) is 18.4. The van der Waals surface area contributed by atoms with Gasteiger partial charge >= 0.3 is 0 Å². The van der Waals surface area contributed by atoms with Crippen molar-refractivity contribution in [2.45, 2.75) is 51.7 Å². The largest absolute Gasteiger partial charge is 0.349 e. The first-order valence-corrected chi connectivity index (χ1v) is 7.06. The van der Waals surface area contributed by atoms with E-state index in [0.717, 1.165) is 24.0 Å². The second-order valence-corrected chi connectivity index (χ2v) is 5.99. The standard InChI is InChI=1S/C16H22N2O2/c1-4-16(2,3)17-15(20)14-9-12-7-5-6-8-13(12)10-18(14)11-19/h5-8,11,14H,4,9-10H2,1-3H3,(H,17,20). The Bertz CT molecular complexity index is 511. The summed E-state index contributed by atoms with van der Waals surface area (Å²) >= 11 is 0. The summed E-state index contributed by atoms with van der Waals surface area (Å²) in [6.07, 6.45) is 2.21. The van der Waals surface area contributed by atoms with Gasteiger partial charge in [0, 0.05) is 18.5 Å². The highest BCUT2D eigenvalue weighted by atomic mass is 16.2. The summed E-state index contributed by atoms with van der Waals surface area (Å²) in [5.74, 6) is -0.0709. The van der Waals surface area contributed by atoms with E-state index in [1.165, 1.54) is 0 Å². The van der Waals surface area contributed by atoms with E-state index in [9.17, 15) is 9.59 Å². The number of carbonyl (C=O) groups excluding carboxylic acids is 2. The van der Waals surface area contributed by atoms with Gasteiger partial charge in [-0.25, -0.2) is 0 Å². The molecule has 2 amide bonds. The van der Waals surface area contributed by atoms with Gasteiger partial charge in [-0.1, -0.05) is 31.2 Å². The number of benzene rings is 1. The molecular formula is C16H22N2O2. The maximum Gasteiger partial charge on any atom is 0.243 e. The molecule has 1 aliphatic heterocycles. The number of nitrogens with one attached hydrogen (secondary N) is 1. The van der Waals surface area contributed by atoms with Crippen molar-refractivity contribution in [2.75, 3.05) is 0 Å². The predicted molar refractivity (Wildman–Crippen MR) is 78.1 cm³/mol. The zero-order chi connectivity index (χ0) is 14.8. The first-order chi connectivity index (χ1) is 9.46. The van der Waals surface area contributed by atoms with Crippen LogP contribution < -0.4 is 5.32 Å². The minimum atomic E-state index is -0.409. The van der Waals surface area contributed by atoms with Crippen LogP contribution in [-0.4, -0.2) is 28.8 Å². The number of hydrogen-bond donors (Lipinski definition) is 1. The average Bonchev–Trinajstić information content (AvgIpc) is 2.45. The second kappa shape index (κ2) is 5.65. The highest BCUT2D eigenvalue weighted by Crippen LogP contribution is 2.22. The van der Waals surface area contributed by atoms with Crippen molar-refractivity contribution in [2.24, 2.45) is 0 Å². The fourth-order valence-electron chi connectivity index (χ4n) is 2.40. The van der Waals surface area contributed by atoms with E-state index in [1.54, 1.807) is 4.90 Å². The Labute approximate surface area is 120 Å². The number of amides is 2. The molecule has 1 unspecified atom stereocenters. The highest BCUT2D eigenvalue weighted by molar-refractivity contribution is 5.85. The molecule has 1 aliphatic rings. The molecule has 4 heteroatoms. The van der Waals surface area contributed by atoms with E-state index in [1.807, 2.05) is 45.0 Å². The fraction of sp³-hybridized carbons (Fsp3) is 0.500. The molecule has 108 valence electrons. The van der Waals surface area contributed by atoms with E-state index >= 15 is 0 Å². The Kier molecular flexibility index (Phi) is 4.12. The Morgan fingerprint density at radius 1 is 1.40 bits per heavy atom. The number of hydrogen-bond acceptors (Lipinski definition) is 2. The Morgan fingerprint density at radius 3 is 2.65 bits per heavy atom. The Balaban J connectivity index is 2.19. The van der Waals surface area contributed by atoms with Crippen LogP contribution in [-0.2, 0) is 22.6 Å². The first-order valence-electron chi connectivity index (χ1n) is 7.06. The van der Waals surface area contributed by atoms with Crippen LogP contribution in [0.1, 0.15) is 38.3 Å². The SMILES string of the molecule is CCC(C)(C)NC(=O)C1Cc2ccccc2CN1C=O. The lowest BCUT2D eigenvalue weighted by Crippen LogP contribution is -2.54. The van der Waals surface area contributed by atoms with E-state index in [4.69, 9.17) is 0 Å². The maximum absolute atomic E-state index is 12.4. The monoisotopic (exact) mass is 274 g/mol. The maximum atomic E-state index is 12.4. The zero-order valence-corrected chi connectivity index (χ0v) is 12.3. The third-order valence-corrected chi connectivity index (χ3v) is 4.07. The van der Waals surface area contributed by atoms with E-state index in [2.05, 4.69) is 5.32 Å². The molecule has 1 N–H and O–H groups in total. The van der Waals surface area contributed by atoms with Gasteiger partial charge in [-0.2, -0.15) is 0 Å². The van der Waals surface area contributed by atoms with Crippen LogP contribution in [0.25, 0.3) is 0 Å². The third kappa shape index (κ3) is 3.00. The summed E-state index contributed by atoms with van der Waals surface area (Å²) < 4.78 is 0. The average molecular weight is 274 g/mol. The number of fused-ring (bicyclic) bond motifs is 1. The van der Waals surface area contributed by atoms with E-state index in [0.29, 0.717) is 13.0 Å². The lowest BCUT2D eigenvalue weighted by Gasteiger charge is -2.35. The van der Waals surface area contributed by atoms with Crippen molar-refractivity contribution in [1.29, 1.82) is 0 Å². The minimum absolute atomic E-state index is 0.0709. The van der Waals surface area contributed by atoms with Crippen molar-refractivity contribution in [3.05, 3.63) is 35.4 Å². The molecule has 0 bridgehead atoms. The lowest BCUT2D eigenvalue weighted by molar-refractivity contribution is -0.135. The number of nitrogens with zero attached hydrogens (tertiary/aromatic N) is 1. The van der Waals surface area contributed by atoms with Gasteiger partial charge in [0.25, 0.3) is 0 Å². The van der Waals surface area contributed by atoms with Crippen LogP contribution >= 0.6 is 0 Å². The third-order valence-electron chi connectivity index (χ3n) is 4.07. The van der Waals surface area contributed by atoms with Gasteiger partial charge in [0.05, 0.1) is 0 Å². The summed E-state index contributed by atoms with van der Waals surface area (Å²) in [5.41, 5.74) is 2.03. The molecule has 1 atom stereocenters. The Hall–Kier alpha value is -1.84. The lowest BCUT2D eigenvalue weighted by atomic mass is 9.93. The van der Waals surface area contributed by atoms with Gasteiger partial charge in [0.1, 0.15) is 6.04 Å². The van der Waals surface area contributed by atoms with Crippen LogP contribution in [0.15, 0.2) is 24.3 Å². The molecular weight excluding hydrogens is 252 g/mol. The number of rotatable bonds is 4. The molecule has 1 heterocycles. The molecule has 1 aromatic carbocycles. The summed E-state index contributed by atoms with van der Waals surface area (Å²) in [6.45, 7) is 6.53. The predicted octanol–water partition coefficient (Wildman–Crippen LogP) is 1.87. The number of carbonyl (C=O) groups is 2. The topological polar surface area (TPSA) is 49.4 Å².